The van der Waals surface area contributed by atoms with Crippen molar-refractivity contribution < 1.29 is 23.8 Å². The van der Waals surface area contributed by atoms with Gasteiger partial charge in [0.2, 0.25) is 0 Å². The van der Waals surface area contributed by atoms with Crippen LogP contribution in [0, 0.1) is 5.82 Å². The van der Waals surface area contributed by atoms with E-state index >= 15 is 0 Å². The number of halogens is 1. The molecule has 170 valence electrons. The van der Waals surface area contributed by atoms with Crippen LogP contribution in [0.5, 0.6) is 11.5 Å². The normalized spacial score (nSPS) is 15.8. The third-order valence-electron chi connectivity index (χ3n) is 5.20. The lowest BCUT2D eigenvalue weighted by atomic mass is 9.96. The first-order chi connectivity index (χ1) is 15.8. The summed E-state index contributed by atoms with van der Waals surface area (Å²) in [5.41, 5.74) is 1.45. The molecule has 0 unspecified atom stereocenters. The molecular weight excluding hydrogens is 447 g/mol. The smallest absolute Gasteiger partial charge is 0.338 e. The molecule has 0 radical (unpaired) electrons. The van der Waals surface area contributed by atoms with Gasteiger partial charge in [0.15, 0.2) is 16.3 Å². The number of hydrogen-bond donors (Lipinski definition) is 1. The summed E-state index contributed by atoms with van der Waals surface area (Å²) in [5, 5.41) is 10.1. The SMILES string of the molecule is CCOC(=O)C1=C(C)N=c2s/c(=C\c3ccc(OC)c(O)c3)c(=O)n2[C@H]1c1ccc(F)cc1. The summed E-state index contributed by atoms with van der Waals surface area (Å²) in [6.07, 6.45) is 1.63. The second-order valence-corrected chi connectivity index (χ2v) is 8.29. The van der Waals surface area contributed by atoms with Crippen molar-refractivity contribution >= 4 is 23.4 Å². The molecule has 9 heteroatoms. The molecule has 0 spiro atoms. The fraction of sp³-hybridized carbons (Fsp3) is 0.208. The van der Waals surface area contributed by atoms with Crippen LogP contribution in [0.15, 0.2) is 63.5 Å². The Morgan fingerprint density at radius 2 is 2.00 bits per heavy atom. The summed E-state index contributed by atoms with van der Waals surface area (Å²) in [4.78, 5) is 31.2. The third-order valence-corrected chi connectivity index (χ3v) is 6.19. The van der Waals surface area contributed by atoms with Gasteiger partial charge in [0, 0.05) is 0 Å². The maximum absolute atomic E-state index is 13.6. The van der Waals surface area contributed by atoms with Gasteiger partial charge in [-0.15, -0.1) is 0 Å². The number of esters is 1. The van der Waals surface area contributed by atoms with Crippen molar-refractivity contribution in [2.45, 2.75) is 19.9 Å². The number of methoxy groups -OCH3 is 1. The van der Waals surface area contributed by atoms with Crippen LogP contribution in [0.25, 0.3) is 6.08 Å². The number of aromatic hydroxyl groups is 1. The highest BCUT2D eigenvalue weighted by molar-refractivity contribution is 7.07. The van der Waals surface area contributed by atoms with Gasteiger partial charge in [0.05, 0.1) is 35.6 Å². The molecule has 2 heterocycles. The zero-order chi connectivity index (χ0) is 23.7. The molecule has 4 rings (SSSR count). The summed E-state index contributed by atoms with van der Waals surface area (Å²) in [7, 11) is 1.45. The number of carbonyl (C=O) groups excluding carboxylic acids is 1. The summed E-state index contributed by atoms with van der Waals surface area (Å²) in [6, 6.07) is 9.63. The molecule has 1 aromatic heterocycles. The van der Waals surface area contributed by atoms with Gasteiger partial charge in [-0.05, 0) is 55.3 Å². The lowest BCUT2D eigenvalue weighted by Crippen LogP contribution is -2.39. The number of ether oxygens (including phenoxy) is 2. The number of hydrogen-bond acceptors (Lipinski definition) is 7. The Morgan fingerprint density at radius 3 is 2.64 bits per heavy atom. The Bertz CT molecular complexity index is 1440. The number of benzene rings is 2. The van der Waals surface area contributed by atoms with Gasteiger partial charge >= 0.3 is 5.97 Å². The van der Waals surface area contributed by atoms with Crippen molar-refractivity contribution in [1.29, 1.82) is 0 Å². The predicted octanol–water partition coefficient (Wildman–Crippen LogP) is 2.65. The Morgan fingerprint density at radius 1 is 1.27 bits per heavy atom. The van der Waals surface area contributed by atoms with Gasteiger partial charge in [-0.1, -0.05) is 29.5 Å². The van der Waals surface area contributed by atoms with Crippen LogP contribution in [-0.4, -0.2) is 29.4 Å². The Labute approximate surface area is 192 Å². The zero-order valence-electron chi connectivity index (χ0n) is 18.2. The second-order valence-electron chi connectivity index (χ2n) is 7.29. The van der Waals surface area contributed by atoms with Crippen molar-refractivity contribution in [1.82, 2.24) is 4.57 Å². The van der Waals surface area contributed by atoms with E-state index in [1.165, 1.54) is 42.0 Å². The van der Waals surface area contributed by atoms with Crippen molar-refractivity contribution in [3.8, 4) is 11.5 Å². The molecule has 0 saturated heterocycles. The highest BCUT2D eigenvalue weighted by atomic mass is 32.1. The standard InChI is InChI=1S/C24H21FN2O5S/c1-4-32-23(30)20-13(2)26-24-27(21(20)15-6-8-16(25)9-7-15)22(29)19(33-24)12-14-5-10-18(31-3)17(28)11-14/h5-12,21,28H,4H2,1-3H3/b19-12-/t21-/m0/s1. The largest absolute Gasteiger partial charge is 0.504 e. The van der Waals surface area contributed by atoms with E-state index in [-0.39, 0.29) is 23.5 Å². The average molecular weight is 469 g/mol. The van der Waals surface area contributed by atoms with Crippen molar-refractivity contribution in [3.63, 3.8) is 0 Å². The maximum Gasteiger partial charge on any atom is 0.338 e. The number of carbonyl (C=O) groups is 1. The van der Waals surface area contributed by atoms with Gasteiger partial charge in [-0.2, -0.15) is 0 Å². The Balaban J connectivity index is 1.93. The minimum absolute atomic E-state index is 0.0522. The van der Waals surface area contributed by atoms with E-state index in [1.54, 1.807) is 32.1 Å². The molecule has 0 saturated carbocycles. The molecule has 1 N–H and O–H groups in total. The summed E-state index contributed by atoms with van der Waals surface area (Å²) in [6.45, 7) is 3.54. The number of rotatable bonds is 5. The molecule has 2 aromatic carbocycles. The number of phenolic OH excluding ortho intramolecular Hbond substituents is 1. The topological polar surface area (TPSA) is 90.1 Å². The predicted molar refractivity (Wildman–Crippen MR) is 121 cm³/mol. The fourth-order valence-corrected chi connectivity index (χ4v) is 4.75. The zero-order valence-corrected chi connectivity index (χ0v) is 19.0. The number of fused-ring (bicyclic) bond motifs is 1. The molecule has 0 fully saturated rings. The molecule has 0 bridgehead atoms. The van der Waals surface area contributed by atoms with Crippen LogP contribution in [0.2, 0.25) is 0 Å². The van der Waals surface area contributed by atoms with Crippen LogP contribution in [0.4, 0.5) is 4.39 Å². The Kier molecular flexibility index (Phi) is 6.15. The monoisotopic (exact) mass is 468 g/mol. The van der Waals surface area contributed by atoms with Crippen molar-refractivity contribution in [2.24, 2.45) is 4.99 Å². The summed E-state index contributed by atoms with van der Waals surface area (Å²) < 4.78 is 25.7. The van der Waals surface area contributed by atoms with Crippen molar-refractivity contribution in [2.75, 3.05) is 13.7 Å². The molecule has 1 aliphatic rings. The van der Waals surface area contributed by atoms with Crippen LogP contribution in [0.1, 0.15) is 31.0 Å². The van der Waals surface area contributed by atoms with Crippen LogP contribution >= 0.6 is 11.3 Å². The second kappa shape index (κ2) is 9.03. The van der Waals surface area contributed by atoms with Crippen LogP contribution in [-0.2, 0) is 9.53 Å². The first-order valence-corrected chi connectivity index (χ1v) is 11.0. The van der Waals surface area contributed by atoms with Gasteiger partial charge in [-0.3, -0.25) is 9.36 Å². The minimum Gasteiger partial charge on any atom is -0.504 e. The number of thiazole rings is 1. The van der Waals surface area contributed by atoms with E-state index in [0.717, 1.165) is 11.3 Å². The number of nitrogens with zero attached hydrogens (tertiary/aromatic N) is 2. The van der Waals surface area contributed by atoms with Crippen LogP contribution < -0.4 is 19.6 Å². The molecule has 7 nitrogen and oxygen atoms in total. The van der Waals surface area contributed by atoms with E-state index < -0.39 is 17.8 Å². The van der Waals surface area contributed by atoms with E-state index in [9.17, 15) is 19.1 Å². The molecule has 0 aliphatic carbocycles. The molecular formula is C24H21FN2O5S. The van der Waals surface area contributed by atoms with Gasteiger partial charge in [-0.25, -0.2) is 14.2 Å². The van der Waals surface area contributed by atoms with Crippen LogP contribution in [0.3, 0.4) is 0 Å². The number of aromatic nitrogens is 1. The number of allylic oxidation sites excluding steroid dienone is 1. The first-order valence-electron chi connectivity index (χ1n) is 10.2. The lowest BCUT2D eigenvalue weighted by Gasteiger charge is -2.24. The fourth-order valence-electron chi connectivity index (χ4n) is 3.70. The molecule has 1 atom stereocenters. The van der Waals surface area contributed by atoms with Crippen molar-refractivity contribution in [3.05, 3.63) is 90.4 Å². The lowest BCUT2D eigenvalue weighted by molar-refractivity contribution is -0.139. The molecule has 3 aromatic rings. The van der Waals surface area contributed by atoms with E-state index in [1.807, 2.05) is 0 Å². The summed E-state index contributed by atoms with van der Waals surface area (Å²) >= 11 is 1.16. The minimum atomic E-state index is -0.813. The molecule has 0 amide bonds. The quantitative estimate of drug-likeness (QED) is 0.582. The average Bonchev–Trinajstić information content (AvgIpc) is 3.08. The van der Waals surface area contributed by atoms with Gasteiger partial charge in [0.25, 0.3) is 5.56 Å². The first kappa shape index (κ1) is 22.5. The summed E-state index contributed by atoms with van der Waals surface area (Å²) in [5.74, 6) is -0.741. The van der Waals surface area contributed by atoms with Gasteiger partial charge < -0.3 is 14.6 Å². The van der Waals surface area contributed by atoms with Gasteiger partial charge in [0.1, 0.15) is 5.82 Å². The Hall–Kier alpha value is -3.72. The highest BCUT2D eigenvalue weighted by Gasteiger charge is 2.33. The maximum atomic E-state index is 13.6. The van der Waals surface area contributed by atoms with E-state index in [0.29, 0.717) is 31.9 Å². The third kappa shape index (κ3) is 4.19. The number of phenols is 1. The molecule has 33 heavy (non-hydrogen) atoms. The highest BCUT2D eigenvalue weighted by Crippen LogP contribution is 2.31. The van der Waals surface area contributed by atoms with E-state index in [2.05, 4.69) is 4.99 Å². The molecule has 1 aliphatic heterocycles. The van der Waals surface area contributed by atoms with E-state index in [4.69, 9.17) is 9.47 Å².